The fourth-order valence-electron chi connectivity index (χ4n) is 2.29. The van der Waals surface area contributed by atoms with Gasteiger partial charge in [-0.05, 0) is 55.9 Å². The number of nitrogens with one attached hydrogen (secondary N) is 1. The number of benzene rings is 1. The van der Waals surface area contributed by atoms with Crippen LogP contribution >= 0.6 is 0 Å². The van der Waals surface area contributed by atoms with Crippen molar-refractivity contribution in [2.75, 3.05) is 6.61 Å². The summed E-state index contributed by atoms with van der Waals surface area (Å²) in [6, 6.07) is 5.98. The van der Waals surface area contributed by atoms with Crippen molar-refractivity contribution in [3.05, 3.63) is 34.9 Å². The Labute approximate surface area is 102 Å². The number of aryl methyl sites for hydroxylation is 2. The summed E-state index contributed by atoms with van der Waals surface area (Å²) in [5.41, 5.74) is 3.42. The summed E-state index contributed by atoms with van der Waals surface area (Å²) in [5.74, 6) is -0.0411. The summed E-state index contributed by atoms with van der Waals surface area (Å²) in [4.78, 5) is 11.9. The van der Waals surface area contributed by atoms with Gasteiger partial charge in [0.05, 0.1) is 0 Å². The number of aliphatic hydroxyl groups excluding tert-OH is 1. The van der Waals surface area contributed by atoms with Gasteiger partial charge in [0.1, 0.15) is 0 Å². The Hall–Kier alpha value is -1.35. The first-order valence-corrected chi connectivity index (χ1v) is 6.24. The van der Waals surface area contributed by atoms with Gasteiger partial charge in [-0.2, -0.15) is 0 Å². The molecule has 1 aromatic carbocycles. The first-order valence-electron chi connectivity index (χ1n) is 6.24. The zero-order chi connectivity index (χ0) is 12.3. The Bertz CT molecular complexity index is 415. The van der Waals surface area contributed by atoms with E-state index in [1.165, 1.54) is 17.5 Å². The highest BCUT2D eigenvalue weighted by molar-refractivity contribution is 5.94. The first-order chi connectivity index (χ1) is 8.20. The Morgan fingerprint density at radius 3 is 2.94 bits per heavy atom. The van der Waals surface area contributed by atoms with Gasteiger partial charge in [0.2, 0.25) is 0 Å². The number of rotatable bonds is 4. The average Bonchev–Trinajstić information content (AvgIpc) is 2.75. The number of hydrogen-bond acceptors (Lipinski definition) is 2. The van der Waals surface area contributed by atoms with Crippen LogP contribution in [0.4, 0.5) is 0 Å². The maximum Gasteiger partial charge on any atom is 0.251 e. The molecule has 1 amide bonds. The van der Waals surface area contributed by atoms with Crippen LogP contribution in [0, 0.1) is 0 Å². The van der Waals surface area contributed by atoms with Gasteiger partial charge >= 0.3 is 0 Å². The maximum absolute atomic E-state index is 11.9. The van der Waals surface area contributed by atoms with Crippen LogP contribution in [0.15, 0.2) is 18.2 Å². The van der Waals surface area contributed by atoms with E-state index in [1.54, 1.807) is 0 Å². The average molecular weight is 233 g/mol. The molecule has 1 aliphatic carbocycles. The molecule has 0 heterocycles. The zero-order valence-electron chi connectivity index (χ0n) is 10.2. The molecule has 0 fully saturated rings. The monoisotopic (exact) mass is 233 g/mol. The molecular weight excluding hydrogens is 214 g/mol. The van der Waals surface area contributed by atoms with Crippen molar-refractivity contribution in [2.45, 2.75) is 38.6 Å². The van der Waals surface area contributed by atoms with E-state index in [1.807, 2.05) is 19.1 Å². The Morgan fingerprint density at radius 1 is 1.41 bits per heavy atom. The Balaban J connectivity index is 2.04. The highest BCUT2D eigenvalue weighted by Crippen LogP contribution is 2.22. The van der Waals surface area contributed by atoms with Gasteiger partial charge in [-0.3, -0.25) is 4.79 Å². The molecule has 1 unspecified atom stereocenters. The second-order valence-corrected chi connectivity index (χ2v) is 4.72. The van der Waals surface area contributed by atoms with Crippen molar-refractivity contribution in [1.82, 2.24) is 5.32 Å². The molecular formula is C14H19NO2. The summed E-state index contributed by atoms with van der Waals surface area (Å²) in [6.45, 7) is 2.01. The predicted octanol–water partition coefficient (Wildman–Crippen LogP) is 1.68. The van der Waals surface area contributed by atoms with Crippen LogP contribution in [0.25, 0.3) is 0 Å². The third-order valence-electron chi connectivity index (χ3n) is 3.30. The first kappa shape index (κ1) is 12.1. The quantitative estimate of drug-likeness (QED) is 0.831. The van der Waals surface area contributed by atoms with Gasteiger partial charge < -0.3 is 10.4 Å². The van der Waals surface area contributed by atoms with E-state index < -0.39 is 0 Å². The molecule has 0 spiro atoms. The minimum Gasteiger partial charge on any atom is -0.396 e. The number of carbonyl (C=O) groups is 1. The lowest BCUT2D eigenvalue weighted by molar-refractivity contribution is 0.0934. The van der Waals surface area contributed by atoms with Crippen LogP contribution in [0.1, 0.15) is 41.3 Å². The van der Waals surface area contributed by atoms with E-state index in [2.05, 4.69) is 11.4 Å². The second kappa shape index (κ2) is 5.32. The highest BCUT2D eigenvalue weighted by Gasteiger charge is 2.14. The van der Waals surface area contributed by atoms with Crippen molar-refractivity contribution < 1.29 is 9.90 Å². The molecule has 0 aromatic heterocycles. The predicted molar refractivity (Wildman–Crippen MR) is 67.1 cm³/mol. The normalized spacial score (nSPS) is 15.4. The van der Waals surface area contributed by atoms with E-state index >= 15 is 0 Å². The summed E-state index contributed by atoms with van der Waals surface area (Å²) < 4.78 is 0. The smallest absolute Gasteiger partial charge is 0.251 e. The zero-order valence-corrected chi connectivity index (χ0v) is 10.2. The number of amides is 1. The minimum atomic E-state index is -0.0411. The van der Waals surface area contributed by atoms with Crippen molar-refractivity contribution in [3.8, 4) is 0 Å². The molecule has 0 saturated heterocycles. The molecule has 17 heavy (non-hydrogen) atoms. The molecule has 1 aromatic rings. The number of aliphatic hydroxyl groups is 1. The molecule has 2 N–H and O–H groups in total. The van der Waals surface area contributed by atoms with Crippen LogP contribution < -0.4 is 5.32 Å². The summed E-state index contributed by atoms with van der Waals surface area (Å²) in [7, 11) is 0. The Kier molecular flexibility index (Phi) is 3.79. The lowest BCUT2D eigenvalue weighted by Gasteiger charge is -2.13. The molecule has 92 valence electrons. The van der Waals surface area contributed by atoms with E-state index in [9.17, 15) is 4.79 Å². The van der Waals surface area contributed by atoms with Gasteiger partial charge in [0.15, 0.2) is 0 Å². The van der Waals surface area contributed by atoms with E-state index in [-0.39, 0.29) is 18.6 Å². The largest absolute Gasteiger partial charge is 0.396 e. The van der Waals surface area contributed by atoms with E-state index in [0.29, 0.717) is 6.42 Å². The number of hydrogen-bond donors (Lipinski definition) is 2. The van der Waals surface area contributed by atoms with Gasteiger partial charge in [0, 0.05) is 18.2 Å². The topological polar surface area (TPSA) is 49.3 Å². The molecule has 1 atom stereocenters. The second-order valence-electron chi connectivity index (χ2n) is 4.72. The van der Waals surface area contributed by atoms with Crippen molar-refractivity contribution >= 4 is 5.91 Å². The SMILES string of the molecule is CC(CCO)NC(=O)c1ccc2c(c1)CCC2. The van der Waals surface area contributed by atoms with Crippen molar-refractivity contribution in [2.24, 2.45) is 0 Å². The minimum absolute atomic E-state index is 0.0146. The highest BCUT2D eigenvalue weighted by atomic mass is 16.3. The lowest BCUT2D eigenvalue weighted by atomic mass is 10.1. The van der Waals surface area contributed by atoms with Crippen LogP contribution in [-0.2, 0) is 12.8 Å². The van der Waals surface area contributed by atoms with Gasteiger partial charge in [0.25, 0.3) is 5.91 Å². The molecule has 0 bridgehead atoms. The summed E-state index contributed by atoms with van der Waals surface area (Å²) >= 11 is 0. The number of fused-ring (bicyclic) bond motifs is 1. The Morgan fingerprint density at radius 2 is 2.18 bits per heavy atom. The fraction of sp³-hybridized carbons (Fsp3) is 0.500. The fourth-order valence-corrected chi connectivity index (χ4v) is 2.29. The van der Waals surface area contributed by atoms with E-state index in [4.69, 9.17) is 5.11 Å². The van der Waals surface area contributed by atoms with Crippen LogP contribution in [-0.4, -0.2) is 23.7 Å². The molecule has 3 heteroatoms. The molecule has 0 radical (unpaired) electrons. The van der Waals surface area contributed by atoms with Crippen LogP contribution in [0.2, 0.25) is 0 Å². The van der Waals surface area contributed by atoms with E-state index in [0.717, 1.165) is 18.4 Å². The third-order valence-corrected chi connectivity index (χ3v) is 3.30. The lowest BCUT2D eigenvalue weighted by Crippen LogP contribution is -2.33. The van der Waals surface area contributed by atoms with Crippen molar-refractivity contribution in [3.63, 3.8) is 0 Å². The molecule has 2 rings (SSSR count). The van der Waals surface area contributed by atoms with Gasteiger partial charge in [-0.1, -0.05) is 6.07 Å². The number of carbonyl (C=O) groups excluding carboxylic acids is 1. The van der Waals surface area contributed by atoms with Gasteiger partial charge in [-0.15, -0.1) is 0 Å². The van der Waals surface area contributed by atoms with Gasteiger partial charge in [-0.25, -0.2) is 0 Å². The molecule has 3 nitrogen and oxygen atoms in total. The maximum atomic E-state index is 11.9. The third kappa shape index (κ3) is 2.86. The molecule has 0 aliphatic heterocycles. The standard InChI is InChI=1S/C14H19NO2/c1-10(7-8-16)15-14(17)13-6-5-11-3-2-4-12(11)9-13/h5-6,9-10,16H,2-4,7-8H2,1H3,(H,15,17). The van der Waals surface area contributed by atoms with Crippen molar-refractivity contribution in [1.29, 1.82) is 0 Å². The summed E-state index contributed by atoms with van der Waals surface area (Å²) in [6.07, 6.45) is 4.01. The van der Waals surface area contributed by atoms with Crippen LogP contribution in [0.5, 0.6) is 0 Å². The molecule has 0 saturated carbocycles. The summed E-state index contributed by atoms with van der Waals surface area (Å²) in [5, 5.41) is 11.7. The molecule has 1 aliphatic rings. The van der Waals surface area contributed by atoms with Crippen LogP contribution in [0.3, 0.4) is 0 Å².